The Bertz CT molecular complexity index is 1220. The van der Waals surface area contributed by atoms with E-state index >= 15 is 0 Å². The van der Waals surface area contributed by atoms with Crippen molar-refractivity contribution in [2.45, 2.75) is 25.8 Å². The maximum Gasteiger partial charge on any atom is 0.259 e. The standard InChI is InChI=1S/C23H25N5O3/c1-5-27-17-9-7-6-8-15(17)23(22(27)30)16(13-24)20(25)31-18-12-14(2)28(11-10-26(3)4)21(29)19(18)23/h6-9,12H,5,10-11,25H2,1-4H3. The van der Waals surface area contributed by atoms with Crippen LogP contribution in [0.4, 0.5) is 5.69 Å². The Labute approximate surface area is 180 Å². The maximum atomic E-state index is 13.9. The van der Waals surface area contributed by atoms with Gasteiger partial charge >= 0.3 is 0 Å². The number of amides is 1. The van der Waals surface area contributed by atoms with Crippen molar-refractivity contribution >= 4 is 11.6 Å². The Morgan fingerprint density at radius 3 is 2.61 bits per heavy atom. The van der Waals surface area contributed by atoms with E-state index in [-0.39, 0.29) is 34.2 Å². The molecule has 0 bridgehead atoms. The molecule has 1 spiro atoms. The molecule has 1 amide bonds. The minimum atomic E-state index is -1.62. The number of nitrogens with two attached hydrogens (primary N) is 1. The molecule has 2 aliphatic rings. The number of nitriles is 1. The van der Waals surface area contributed by atoms with Crippen LogP contribution < -0.4 is 20.9 Å². The highest BCUT2D eigenvalue weighted by Gasteiger charge is 2.60. The van der Waals surface area contributed by atoms with Crippen LogP contribution in [-0.4, -0.2) is 42.6 Å². The van der Waals surface area contributed by atoms with E-state index in [0.29, 0.717) is 36.6 Å². The first kappa shape index (κ1) is 20.7. The molecule has 1 unspecified atom stereocenters. The number of aryl methyl sites for hydroxylation is 1. The number of anilines is 1. The third kappa shape index (κ3) is 2.70. The van der Waals surface area contributed by atoms with Gasteiger partial charge in [-0.15, -0.1) is 0 Å². The van der Waals surface area contributed by atoms with E-state index in [1.54, 1.807) is 27.7 Å². The Morgan fingerprint density at radius 2 is 1.97 bits per heavy atom. The summed E-state index contributed by atoms with van der Waals surface area (Å²) in [5.74, 6) is -0.289. The molecule has 2 aliphatic heterocycles. The van der Waals surface area contributed by atoms with E-state index in [4.69, 9.17) is 10.5 Å². The highest BCUT2D eigenvalue weighted by Crippen LogP contribution is 2.53. The lowest BCUT2D eigenvalue weighted by Crippen LogP contribution is -2.50. The van der Waals surface area contributed by atoms with Crippen LogP contribution in [-0.2, 0) is 16.8 Å². The fourth-order valence-electron chi connectivity index (χ4n) is 4.61. The van der Waals surface area contributed by atoms with Gasteiger partial charge in [-0.25, -0.2) is 0 Å². The van der Waals surface area contributed by atoms with Crippen molar-refractivity contribution in [3.63, 3.8) is 0 Å². The first-order valence-electron chi connectivity index (χ1n) is 10.2. The van der Waals surface area contributed by atoms with Crippen molar-refractivity contribution < 1.29 is 9.53 Å². The van der Waals surface area contributed by atoms with Crippen LogP contribution in [0.3, 0.4) is 0 Å². The van der Waals surface area contributed by atoms with E-state index in [1.165, 1.54) is 0 Å². The van der Waals surface area contributed by atoms with Gasteiger partial charge in [0.15, 0.2) is 5.41 Å². The van der Waals surface area contributed by atoms with Gasteiger partial charge in [0.25, 0.3) is 5.56 Å². The van der Waals surface area contributed by atoms with Gasteiger partial charge in [-0.1, -0.05) is 18.2 Å². The number of fused-ring (bicyclic) bond motifs is 4. The average molecular weight is 419 g/mol. The molecule has 2 aromatic rings. The molecular formula is C23H25N5O3. The van der Waals surface area contributed by atoms with Gasteiger partial charge in [0.2, 0.25) is 11.8 Å². The lowest BCUT2D eigenvalue weighted by molar-refractivity contribution is -0.120. The van der Waals surface area contributed by atoms with Crippen molar-refractivity contribution in [3.8, 4) is 11.8 Å². The number of ether oxygens (including phenoxy) is 1. The molecule has 4 rings (SSSR count). The predicted octanol–water partition coefficient (Wildman–Crippen LogP) is 1.46. The average Bonchev–Trinajstić information content (AvgIpc) is 2.96. The van der Waals surface area contributed by atoms with Gasteiger partial charge in [0.05, 0.1) is 5.56 Å². The summed E-state index contributed by atoms with van der Waals surface area (Å²) in [5.41, 5.74) is 6.22. The van der Waals surface area contributed by atoms with Gasteiger partial charge in [0, 0.05) is 42.6 Å². The molecule has 0 aliphatic carbocycles. The monoisotopic (exact) mass is 419 g/mol. The minimum absolute atomic E-state index is 0.0477. The maximum absolute atomic E-state index is 13.9. The lowest BCUT2D eigenvalue weighted by atomic mass is 9.69. The van der Waals surface area contributed by atoms with E-state index in [0.717, 1.165) is 0 Å². The second-order valence-corrected chi connectivity index (χ2v) is 8.05. The normalized spacial score (nSPS) is 19.5. The fourth-order valence-corrected chi connectivity index (χ4v) is 4.61. The highest BCUT2D eigenvalue weighted by molar-refractivity contribution is 6.14. The van der Waals surface area contributed by atoms with Crippen LogP contribution in [0.25, 0.3) is 0 Å². The first-order chi connectivity index (χ1) is 14.8. The molecule has 1 aromatic carbocycles. The number of benzene rings is 1. The number of aromatic nitrogens is 1. The van der Waals surface area contributed by atoms with E-state index in [9.17, 15) is 14.9 Å². The number of para-hydroxylation sites is 1. The van der Waals surface area contributed by atoms with Gasteiger partial charge in [-0.3, -0.25) is 9.59 Å². The van der Waals surface area contributed by atoms with E-state index in [1.807, 2.05) is 45.0 Å². The fraction of sp³-hybridized carbons (Fsp3) is 0.348. The van der Waals surface area contributed by atoms with Crippen LogP contribution >= 0.6 is 0 Å². The molecule has 0 saturated carbocycles. The molecule has 0 radical (unpaired) electrons. The van der Waals surface area contributed by atoms with Crippen LogP contribution in [0.5, 0.6) is 5.75 Å². The number of likely N-dealkylation sites (N-methyl/N-ethyl adjacent to an activating group) is 2. The highest BCUT2D eigenvalue weighted by atomic mass is 16.5. The molecule has 2 N–H and O–H groups in total. The number of rotatable bonds is 4. The van der Waals surface area contributed by atoms with Crippen molar-refractivity contribution in [3.05, 3.63) is 69.0 Å². The Hall–Kier alpha value is -3.57. The molecule has 0 saturated heterocycles. The summed E-state index contributed by atoms with van der Waals surface area (Å²) in [6.07, 6.45) is 0. The lowest BCUT2D eigenvalue weighted by Gasteiger charge is -2.34. The summed E-state index contributed by atoms with van der Waals surface area (Å²) >= 11 is 0. The quantitative estimate of drug-likeness (QED) is 0.805. The third-order valence-corrected chi connectivity index (χ3v) is 6.05. The Balaban J connectivity index is 2.12. The number of hydrogen-bond acceptors (Lipinski definition) is 6. The summed E-state index contributed by atoms with van der Waals surface area (Å²) in [6.45, 7) is 5.15. The van der Waals surface area contributed by atoms with E-state index < -0.39 is 5.41 Å². The Morgan fingerprint density at radius 1 is 1.26 bits per heavy atom. The molecular weight excluding hydrogens is 394 g/mol. The molecule has 1 aromatic heterocycles. The van der Waals surface area contributed by atoms with Crippen LogP contribution in [0.15, 0.2) is 46.6 Å². The Kier molecular flexibility index (Phi) is 4.86. The van der Waals surface area contributed by atoms with Gasteiger partial charge in [-0.05, 0) is 34.0 Å². The van der Waals surface area contributed by atoms with Crippen LogP contribution in [0.2, 0.25) is 0 Å². The molecule has 31 heavy (non-hydrogen) atoms. The van der Waals surface area contributed by atoms with Crippen molar-refractivity contribution in [1.29, 1.82) is 5.26 Å². The number of nitrogens with zero attached hydrogens (tertiary/aromatic N) is 4. The zero-order chi connectivity index (χ0) is 22.5. The molecule has 0 fully saturated rings. The smallest absolute Gasteiger partial charge is 0.259 e. The summed E-state index contributed by atoms with van der Waals surface area (Å²) in [4.78, 5) is 31.4. The van der Waals surface area contributed by atoms with Crippen molar-refractivity contribution in [2.75, 3.05) is 32.1 Å². The van der Waals surface area contributed by atoms with Crippen LogP contribution in [0, 0.1) is 18.3 Å². The minimum Gasteiger partial charge on any atom is -0.440 e. The molecule has 8 heteroatoms. The van der Waals surface area contributed by atoms with Crippen molar-refractivity contribution in [2.24, 2.45) is 5.73 Å². The zero-order valence-electron chi connectivity index (χ0n) is 18.1. The topological polar surface area (TPSA) is 105 Å². The number of carbonyl (C=O) groups is 1. The van der Waals surface area contributed by atoms with Crippen molar-refractivity contribution in [1.82, 2.24) is 9.47 Å². The molecule has 160 valence electrons. The summed E-state index contributed by atoms with van der Waals surface area (Å²) in [6, 6.07) is 11.0. The summed E-state index contributed by atoms with van der Waals surface area (Å²) < 4.78 is 7.37. The molecule has 3 heterocycles. The number of hydrogen-bond donors (Lipinski definition) is 1. The molecule has 8 nitrogen and oxygen atoms in total. The first-order valence-corrected chi connectivity index (χ1v) is 10.2. The SMILES string of the molecule is CCN1C(=O)C2(C(C#N)=C(N)Oc3cc(C)n(CCN(C)C)c(=O)c32)c2ccccc21. The largest absolute Gasteiger partial charge is 0.440 e. The van der Waals surface area contributed by atoms with E-state index in [2.05, 4.69) is 6.07 Å². The summed E-state index contributed by atoms with van der Waals surface area (Å²) in [7, 11) is 3.85. The second-order valence-electron chi connectivity index (χ2n) is 8.05. The van der Waals surface area contributed by atoms with Crippen LogP contribution in [0.1, 0.15) is 23.7 Å². The molecule has 1 atom stereocenters. The predicted molar refractivity (Wildman–Crippen MR) is 117 cm³/mol. The van der Waals surface area contributed by atoms with Gasteiger partial charge < -0.3 is 24.8 Å². The van der Waals surface area contributed by atoms with Gasteiger partial charge in [0.1, 0.15) is 17.4 Å². The third-order valence-electron chi connectivity index (χ3n) is 6.05. The van der Waals surface area contributed by atoms with Gasteiger partial charge in [-0.2, -0.15) is 5.26 Å². The second kappa shape index (κ2) is 7.29. The number of carbonyl (C=O) groups excluding carboxylic acids is 1. The number of pyridine rings is 1. The summed E-state index contributed by atoms with van der Waals surface area (Å²) in [5, 5.41) is 10.1. The zero-order valence-corrected chi connectivity index (χ0v) is 18.1.